The number of carbonyl (C=O) groups excluding carboxylic acids is 1. The van der Waals surface area contributed by atoms with Crippen LogP contribution in [0.15, 0.2) is 60.8 Å². The van der Waals surface area contributed by atoms with Crippen molar-refractivity contribution >= 4 is 16.8 Å². The zero-order valence-corrected chi connectivity index (χ0v) is 13.3. The molecule has 1 atom stereocenters. The average Bonchev–Trinajstić information content (AvgIpc) is 2.95. The SMILES string of the molecule is Cn1ccc2c(C(=O)NCC(C)(O)c3ccccc3)cccc21. The first kappa shape index (κ1) is 15.3. The van der Waals surface area contributed by atoms with Crippen molar-refractivity contribution in [3.63, 3.8) is 0 Å². The van der Waals surface area contributed by atoms with E-state index in [1.54, 1.807) is 13.0 Å². The fourth-order valence-electron chi connectivity index (χ4n) is 2.75. The quantitative estimate of drug-likeness (QED) is 0.779. The lowest BCUT2D eigenvalue weighted by Gasteiger charge is -2.24. The number of amides is 1. The summed E-state index contributed by atoms with van der Waals surface area (Å²) in [5.74, 6) is -0.182. The van der Waals surface area contributed by atoms with Crippen LogP contribution in [-0.4, -0.2) is 22.1 Å². The monoisotopic (exact) mass is 308 g/mol. The molecule has 0 aliphatic heterocycles. The number of nitrogens with one attached hydrogen (secondary N) is 1. The minimum absolute atomic E-state index is 0.152. The van der Waals surface area contributed by atoms with Crippen LogP contribution < -0.4 is 5.32 Å². The van der Waals surface area contributed by atoms with Gasteiger partial charge in [-0.25, -0.2) is 0 Å². The Morgan fingerprint density at radius 1 is 1.13 bits per heavy atom. The van der Waals surface area contributed by atoms with Crippen LogP contribution in [0, 0.1) is 0 Å². The van der Waals surface area contributed by atoms with Gasteiger partial charge in [0.05, 0.1) is 6.54 Å². The molecule has 23 heavy (non-hydrogen) atoms. The predicted octanol–water partition coefficient (Wildman–Crippen LogP) is 2.82. The molecular weight excluding hydrogens is 288 g/mol. The third-order valence-electron chi connectivity index (χ3n) is 4.16. The highest BCUT2D eigenvalue weighted by molar-refractivity contribution is 6.06. The van der Waals surface area contributed by atoms with Crippen molar-refractivity contribution in [2.75, 3.05) is 6.54 Å². The molecular formula is C19H20N2O2. The molecule has 118 valence electrons. The van der Waals surface area contributed by atoms with Crippen molar-refractivity contribution in [2.45, 2.75) is 12.5 Å². The minimum atomic E-state index is -1.11. The Balaban J connectivity index is 1.79. The van der Waals surface area contributed by atoms with E-state index in [0.29, 0.717) is 5.56 Å². The van der Waals surface area contributed by atoms with E-state index in [1.165, 1.54) is 0 Å². The van der Waals surface area contributed by atoms with Crippen LogP contribution in [0.5, 0.6) is 0 Å². The summed E-state index contributed by atoms with van der Waals surface area (Å²) in [6, 6.07) is 16.9. The van der Waals surface area contributed by atoms with E-state index in [0.717, 1.165) is 16.5 Å². The van der Waals surface area contributed by atoms with Gasteiger partial charge in [0.2, 0.25) is 0 Å². The van der Waals surface area contributed by atoms with Gasteiger partial charge in [-0.15, -0.1) is 0 Å². The van der Waals surface area contributed by atoms with Crippen LogP contribution in [0.25, 0.3) is 10.9 Å². The molecule has 0 aliphatic carbocycles. The number of benzene rings is 2. The first-order chi connectivity index (χ1) is 11.0. The molecule has 0 saturated heterocycles. The maximum absolute atomic E-state index is 12.5. The maximum atomic E-state index is 12.5. The Morgan fingerprint density at radius 2 is 1.87 bits per heavy atom. The van der Waals surface area contributed by atoms with Gasteiger partial charge in [0.15, 0.2) is 0 Å². The van der Waals surface area contributed by atoms with Gasteiger partial charge < -0.3 is 15.0 Å². The zero-order chi connectivity index (χ0) is 16.4. The highest BCUT2D eigenvalue weighted by Crippen LogP contribution is 2.21. The number of nitrogens with zero attached hydrogens (tertiary/aromatic N) is 1. The van der Waals surface area contributed by atoms with Crippen molar-refractivity contribution in [1.82, 2.24) is 9.88 Å². The number of rotatable bonds is 4. The van der Waals surface area contributed by atoms with Gasteiger partial charge in [0.25, 0.3) is 5.91 Å². The Labute approximate surface area is 135 Å². The lowest BCUT2D eigenvalue weighted by molar-refractivity contribution is 0.0527. The molecule has 0 saturated carbocycles. The predicted molar refractivity (Wildman–Crippen MR) is 91.3 cm³/mol. The van der Waals surface area contributed by atoms with Gasteiger partial charge in [0, 0.05) is 29.7 Å². The zero-order valence-electron chi connectivity index (χ0n) is 13.3. The van der Waals surface area contributed by atoms with Crippen molar-refractivity contribution in [1.29, 1.82) is 0 Å². The van der Waals surface area contributed by atoms with Gasteiger partial charge >= 0.3 is 0 Å². The maximum Gasteiger partial charge on any atom is 0.252 e. The summed E-state index contributed by atoms with van der Waals surface area (Å²) in [6.45, 7) is 1.85. The van der Waals surface area contributed by atoms with E-state index >= 15 is 0 Å². The lowest BCUT2D eigenvalue weighted by Crippen LogP contribution is -2.38. The molecule has 4 heteroatoms. The van der Waals surface area contributed by atoms with Crippen molar-refractivity contribution in [3.8, 4) is 0 Å². The third kappa shape index (κ3) is 2.98. The summed E-state index contributed by atoms with van der Waals surface area (Å²) in [5.41, 5.74) is 1.29. The highest BCUT2D eigenvalue weighted by atomic mass is 16.3. The van der Waals surface area contributed by atoms with E-state index < -0.39 is 5.60 Å². The summed E-state index contributed by atoms with van der Waals surface area (Å²) in [5, 5.41) is 14.3. The third-order valence-corrected chi connectivity index (χ3v) is 4.16. The van der Waals surface area contributed by atoms with Gasteiger partial charge in [-0.2, -0.15) is 0 Å². The van der Waals surface area contributed by atoms with Crippen LogP contribution >= 0.6 is 0 Å². The van der Waals surface area contributed by atoms with E-state index in [9.17, 15) is 9.90 Å². The van der Waals surface area contributed by atoms with Crippen molar-refractivity contribution in [3.05, 3.63) is 71.9 Å². The fourth-order valence-corrected chi connectivity index (χ4v) is 2.75. The van der Waals surface area contributed by atoms with E-state index in [1.807, 2.05) is 66.3 Å². The first-order valence-corrected chi connectivity index (χ1v) is 7.59. The van der Waals surface area contributed by atoms with Crippen LogP contribution in [0.1, 0.15) is 22.8 Å². The van der Waals surface area contributed by atoms with Crippen LogP contribution in [0.3, 0.4) is 0 Å². The number of fused-ring (bicyclic) bond motifs is 1. The normalized spacial score (nSPS) is 13.7. The summed E-state index contributed by atoms with van der Waals surface area (Å²) in [7, 11) is 1.95. The van der Waals surface area contributed by atoms with E-state index in [-0.39, 0.29) is 12.5 Å². The number of aryl methyl sites for hydroxylation is 1. The van der Waals surface area contributed by atoms with Crippen molar-refractivity contribution < 1.29 is 9.90 Å². The van der Waals surface area contributed by atoms with Crippen molar-refractivity contribution in [2.24, 2.45) is 7.05 Å². The van der Waals surface area contributed by atoms with Gasteiger partial charge in [-0.1, -0.05) is 36.4 Å². The molecule has 1 unspecified atom stereocenters. The second kappa shape index (κ2) is 5.89. The summed E-state index contributed by atoms with van der Waals surface area (Å²) >= 11 is 0. The number of aliphatic hydroxyl groups is 1. The Bertz CT molecular complexity index is 835. The number of carbonyl (C=O) groups is 1. The molecule has 1 amide bonds. The molecule has 0 spiro atoms. The smallest absolute Gasteiger partial charge is 0.252 e. The van der Waals surface area contributed by atoms with E-state index in [4.69, 9.17) is 0 Å². The number of hydrogen-bond acceptors (Lipinski definition) is 2. The molecule has 0 fully saturated rings. The standard InChI is InChI=1S/C19H20N2O2/c1-19(23,14-7-4-3-5-8-14)13-20-18(22)16-9-6-10-17-15(16)11-12-21(17)2/h3-12,23H,13H2,1-2H3,(H,20,22). The lowest BCUT2D eigenvalue weighted by atomic mass is 9.96. The molecule has 3 rings (SSSR count). The molecule has 2 aromatic carbocycles. The van der Waals surface area contributed by atoms with Crippen LogP contribution in [0.2, 0.25) is 0 Å². The van der Waals surface area contributed by atoms with Gasteiger partial charge in [-0.05, 0) is 30.7 Å². The number of aromatic nitrogens is 1. The Hall–Kier alpha value is -2.59. The Morgan fingerprint density at radius 3 is 2.61 bits per heavy atom. The minimum Gasteiger partial charge on any atom is -0.384 e. The molecule has 3 aromatic rings. The fraction of sp³-hybridized carbons (Fsp3) is 0.211. The molecule has 0 bridgehead atoms. The largest absolute Gasteiger partial charge is 0.384 e. The first-order valence-electron chi connectivity index (χ1n) is 7.59. The van der Waals surface area contributed by atoms with Gasteiger partial charge in [0.1, 0.15) is 5.60 Å². The molecule has 0 aliphatic rings. The molecule has 1 heterocycles. The number of hydrogen-bond donors (Lipinski definition) is 2. The average molecular weight is 308 g/mol. The van der Waals surface area contributed by atoms with Gasteiger partial charge in [-0.3, -0.25) is 4.79 Å². The van der Waals surface area contributed by atoms with E-state index in [2.05, 4.69) is 5.32 Å². The summed E-state index contributed by atoms with van der Waals surface area (Å²) < 4.78 is 1.98. The molecule has 1 aromatic heterocycles. The molecule has 4 nitrogen and oxygen atoms in total. The molecule has 0 radical (unpaired) electrons. The highest BCUT2D eigenvalue weighted by Gasteiger charge is 2.24. The van der Waals surface area contributed by atoms with Crippen LogP contribution in [-0.2, 0) is 12.6 Å². The second-order valence-electron chi connectivity index (χ2n) is 5.99. The summed E-state index contributed by atoms with van der Waals surface area (Å²) in [6.07, 6.45) is 1.93. The molecule has 2 N–H and O–H groups in total. The topological polar surface area (TPSA) is 54.3 Å². The second-order valence-corrected chi connectivity index (χ2v) is 5.99. The van der Waals surface area contributed by atoms with Crippen LogP contribution in [0.4, 0.5) is 0 Å². The summed E-state index contributed by atoms with van der Waals surface area (Å²) in [4.78, 5) is 12.5. The Kier molecular flexibility index (Phi) is 3.92.